The maximum Gasteiger partial charge on any atom is 0.340 e. The van der Waals surface area contributed by atoms with Gasteiger partial charge >= 0.3 is 5.97 Å². The van der Waals surface area contributed by atoms with Crippen LogP contribution in [0.1, 0.15) is 33.2 Å². The lowest BCUT2D eigenvalue weighted by molar-refractivity contribution is 0.0499. The van der Waals surface area contributed by atoms with E-state index in [9.17, 15) is 9.59 Å². The lowest BCUT2D eigenvalue weighted by atomic mass is 10.1. The highest BCUT2D eigenvalue weighted by Crippen LogP contribution is 2.34. The summed E-state index contributed by atoms with van der Waals surface area (Å²) in [5.41, 5.74) is 1.03. The fraction of sp³-hybridized carbons (Fsp3) is 0.208. The number of nitrogens with zero attached hydrogens (tertiary/aromatic N) is 3. The predicted molar refractivity (Wildman–Crippen MR) is 122 cm³/mol. The topological polar surface area (TPSA) is 139 Å². The van der Waals surface area contributed by atoms with E-state index in [1.807, 2.05) is 6.07 Å². The van der Waals surface area contributed by atoms with Crippen LogP contribution in [-0.4, -0.2) is 47.8 Å². The number of ether oxygens (including phenoxy) is 3. The molecule has 4 aromatic rings. The van der Waals surface area contributed by atoms with E-state index in [0.717, 1.165) is 5.56 Å². The molecule has 0 saturated heterocycles. The monoisotopic (exact) mass is 478 g/mol. The Bertz CT molecular complexity index is 1290. The number of amides is 1. The quantitative estimate of drug-likeness (QED) is 0.264. The summed E-state index contributed by atoms with van der Waals surface area (Å²) in [6, 6.07) is 9.62. The molecule has 11 heteroatoms. The Balaban J connectivity index is 1.40. The van der Waals surface area contributed by atoms with Crippen LogP contribution in [0, 0.1) is 0 Å². The third-order valence-electron chi connectivity index (χ3n) is 4.89. The number of pyridine rings is 1. The summed E-state index contributed by atoms with van der Waals surface area (Å²) in [4.78, 5) is 33.7. The summed E-state index contributed by atoms with van der Waals surface area (Å²) < 4.78 is 26.4. The van der Waals surface area contributed by atoms with Gasteiger partial charge in [0, 0.05) is 36.5 Å². The first-order chi connectivity index (χ1) is 17.1. The number of aromatic nitrogens is 3. The van der Waals surface area contributed by atoms with Crippen molar-refractivity contribution in [3.8, 4) is 22.9 Å². The lowest BCUT2D eigenvalue weighted by Crippen LogP contribution is -2.16. The van der Waals surface area contributed by atoms with Gasteiger partial charge < -0.3 is 28.5 Å². The fourth-order valence-electron chi connectivity index (χ4n) is 3.18. The third kappa shape index (κ3) is 5.64. The maximum atomic E-state index is 12.9. The molecule has 0 radical (unpaired) electrons. The second-order valence-electron chi connectivity index (χ2n) is 7.18. The summed E-state index contributed by atoms with van der Waals surface area (Å²) in [5, 5.41) is 6.58. The average Bonchev–Trinajstić information content (AvgIpc) is 3.59. The number of hydrogen-bond acceptors (Lipinski definition) is 10. The Hall–Kier alpha value is -4.67. The van der Waals surface area contributed by atoms with E-state index in [1.54, 1.807) is 24.5 Å². The number of carbonyl (C=O) groups excluding carboxylic acids is 2. The van der Waals surface area contributed by atoms with Crippen molar-refractivity contribution in [2.24, 2.45) is 0 Å². The minimum Gasteiger partial charge on any atom is -0.493 e. The summed E-state index contributed by atoms with van der Waals surface area (Å²) in [6.45, 7) is 0.0867. The fourth-order valence-corrected chi connectivity index (χ4v) is 3.18. The minimum atomic E-state index is -0.651. The summed E-state index contributed by atoms with van der Waals surface area (Å²) in [5.74, 6) is 0.400. The van der Waals surface area contributed by atoms with Gasteiger partial charge in [0.1, 0.15) is 0 Å². The minimum absolute atomic E-state index is 0.0867. The van der Waals surface area contributed by atoms with Crippen LogP contribution in [0.4, 0.5) is 5.69 Å². The van der Waals surface area contributed by atoms with Crippen molar-refractivity contribution in [1.82, 2.24) is 15.1 Å². The van der Waals surface area contributed by atoms with Gasteiger partial charge in [-0.15, -0.1) is 0 Å². The highest BCUT2D eigenvalue weighted by Gasteiger charge is 2.21. The number of rotatable bonds is 10. The number of furan rings is 1. The molecular weight excluding hydrogens is 456 g/mol. The zero-order chi connectivity index (χ0) is 24.6. The predicted octanol–water partition coefficient (Wildman–Crippen LogP) is 3.78. The molecule has 0 unspecified atom stereocenters. The van der Waals surface area contributed by atoms with Crippen molar-refractivity contribution < 1.29 is 32.7 Å². The Morgan fingerprint density at radius 1 is 1.09 bits per heavy atom. The molecule has 1 amide bonds. The van der Waals surface area contributed by atoms with Gasteiger partial charge in [-0.05, 0) is 30.7 Å². The van der Waals surface area contributed by atoms with E-state index in [1.165, 1.54) is 38.7 Å². The van der Waals surface area contributed by atoms with Crippen LogP contribution in [0.3, 0.4) is 0 Å². The van der Waals surface area contributed by atoms with Gasteiger partial charge in [0.15, 0.2) is 17.3 Å². The van der Waals surface area contributed by atoms with Crippen molar-refractivity contribution in [3.63, 3.8) is 0 Å². The molecule has 35 heavy (non-hydrogen) atoms. The molecular formula is C24H22N4O7. The SMILES string of the molecule is COc1cc(NC(=O)c2ccco2)c(C(=O)OCCCc2nc(-c3cccnc3)no2)cc1OC. The van der Waals surface area contributed by atoms with E-state index in [2.05, 4.69) is 20.4 Å². The van der Waals surface area contributed by atoms with Crippen LogP contribution in [0.15, 0.2) is 64.0 Å². The second-order valence-corrected chi connectivity index (χ2v) is 7.18. The Morgan fingerprint density at radius 3 is 2.63 bits per heavy atom. The first kappa shape index (κ1) is 23.5. The average molecular weight is 478 g/mol. The molecule has 3 heterocycles. The van der Waals surface area contributed by atoms with Gasteiger partial charge in [-0.1, -0.05) is 5.16 Å². The van der Waals surface area contributed by atoms with Gasteiger partial charge in [-0.2, -0.15) is 4.98 Å². The molecule has 1 aromatic carbocycles. The van der Waals surface area contributed by atoms with Crippen molar-refractivity contribution in [1.29, 1.82) is 0 Å². The van der Waals surface area contributed by atoms with E-state index >= 15 is 0 Å². The first-order valence-electron chi connectivity index (χ1n) is 10.6. The van der Waals surface area contributed by atoms with Gasteiger partial charge in [0.25, 0.3) is 5.91 Å². The molecule has 0 spiro atoms. The van der Waals surface area contributed by atoms with Crippen LogP contribution < -0.4 is 14.8 Å². The Kier molecular flexibility index (Phi) is 7.36. The molecule has 11 nitrogen and oxygen atoms in total. The highest BCUT2D eigenvalue weighted by atomic mass is 16.5. The van der Waals surface area contributed by atoms with Crippen molar-refractivity contribution >= 4 is 17.6 Å². The number of methoxy groups -OCH3 is 2. The molecule has 0 aliphatic carbocycles. The van der Waals surface area contributed by atoms with E-state index in [-0.39, 0.29) is 23.6 Å². The lowest BCUT2D eigenvalue weighted by Gasteiger charge is -2.15. The van der Waals surface area contributed by atoms with Gasteiger partial charge in [-0.3, -0.25) is 9.78 Å². The summed E-state index contributed by atoms with van der Waals surface area (Å²) in [6.07, 6.45) is 5.53. The molecule has 0 bridgehead atoms. The van der Waals surface area contributed by atoms with Crippen molar-refractivity contribution in [2.75, 3.05) is 26.1 Å². The molecule has 4 rings (SSSR count). The van der Waals surface area contributed by atoms with E-state index in [4.69, 9.17) is 23.2 Å². The number of anilines is 1. The number of aryl methyl sites for hydroxylation is 1. The number of benzene rings is 1. The van der Waals surface area contributed by atoms with Crippen LogP contribution in [-0.2, 0) is 11.2 Å². The molecule has 0 saturated carbocycles. The van der Waals surface area contributed by atoms with Crippen molar-refractivity contribution in [2.45, 2.75) is 12.8 Å². The number of carbonyl (C=O) groups is 2. The molecule has 0 fully saturated rings. The summed E-state index contributed by atoms with van der Waals surface area (Å²) >= 11 is 0. The van der Waals surface area contributed by atoms with Crippen LogP contribution in [0.5, 0.6) is 11.5 Å². The Labute approximate surface area is 200 Å². The zero-order valence-corrected chi connectivity index (χ0v) is 19.0. The molecule has 1 N–H and O–H groups in total. The highest BCUT2D eigenvalue weighted by molar-refractivity contribution is 6.07. The van der Waals surface area contributed by atoms with Gasteiger partial charge in [0.05, 0.1) is 38.3 Å². The standard InChI is InChI=1S/C24H22N4O7/c1-31-19-12-16(17(13-20(19)32-2)26-23(29)18-7-4-10-33-18)24(30)34-11-5-8-21-27-22(28-35-21)15-6-3-9-25-14-15/h3-4,6-7,9-10,12-14H,5,8,11H2,1-2H3,(H,26,29). The van der Waals surface area contributed by atoms with Crippen LogP contribution in [0.25, 0.3) is 11.4 Å². The first-order valence-corrected chi connectivity index (χ1v) is 10.6. The molecule has 0 atom stereocenters. The smallest absolute Gasteiger partial charge is 0.340 e. The van der Waals surface area contributed by atoms with E-state index in [0.29, 0.717) is 36.1 Å². The zero-order valence-electron chi connectivity index (χ0n) is 19.0. The van der Waals surface area contributed by atoms with Crippen LogP contribution >= 0.6 is 0 Å². The number of esters is 1. The molecule has 3 aromatic heterocycles. The van der Waals surface area contributed by atoms with Gasteiger partial charge in [0.2, 0.25) is 11.7 Å². The van der Waals surface area contributed by atoms with E-state index < -0.39 is 11.9 Å². The van der Waals surface area contributed by atoms with Crippen LogP contribution in [0.2, 0.25) is 0 Å². The molecule has 180 valence electrons. The maximum absolute atomic E-state index is 12.9. The number of hydrogen-bond donors (Lipinski definition) is 1. The van der Waals surface area contributed by atoms with Gasteiger partial charge in [-0.25, -0.2) is 4.79 Å². The largest absolute Gasteiger partial charge is 0.493 e. The molecule has 0 aliphatic rings. The summed E-state index contributed by atoms with van der Waals surface area (Å²) in [7, 11) is 2.89. The molecule has 0 aliphatic heterocycles. The normalized spacial score (nSPS) is 10.6. The van der Waals surface area contributed by atoms with Crippen molar-refractivity contribution in [3.05, 3.63) is 72.3 Å². The number of nitrogens with one attached hydrogen (secondary N) is 1. The second kappa shape index (κ2) is 11.0. The Morgan fingerprint density at radius 2 is 1.91 bits per heavy atom. The third-order valence-corrected chi connectivity index (χ3v) is 4.89.